The average molecular weight is 462 g/mol. The first-order valence-electron chi connectivity index (χ1n) is 11.1. The minimum absolute atomic E-state index is 0.0911. The molecule has 3 atom stereocenters. The van der Waals surface area contributed by atoms with Gasteiger partial charge in [0.05, 0.1) is 11.8 Å². The third-order valence-electron chi connectivity index (χ3n) is 6.35. The number of imide groups is 1. The fourth-order valence-corrected chi connectivity index (χ4v) is 5.41. The zero-order valence-corrected chi connectivity index (χ0v) is 18.7. The van der Waals surface area contributed by atoms with E-state index in [1.807, 2.05) is 60.7 Å². The molecule has 2 amide bonds. The maximum absolute atomic E-state index is 13.4. The third kappa shape index (κ3) is 4.35. The number of amides is 2. The molecule has 5 rings (SSSR count). The molecule has 0 unspecified atom stereocenters. The number of thioether (sulfide) groups is 1. The van der Waals surface area contributed by atoms with E-state index in [1.54, 1.807) is 0 Å². The Morgan fingerprint density at radius 2 is 1.55 bits per heavy atom. The van der Waals surface area contributed by atoms with Crippen molar-refractivity contribution in [2.75, 3.05) is 0 Å². The normalized spacial score (nSPS) is 21.2. The fourth-order valence-electron chi connectivity index (χ4n) is 4.71. The van der Waals surface area contributed by atoms with E-state index in [1.165, 1.54) is 4.90 Å². The maximum Gasteiger partial charge on any atom is 0.284 e. The van der Waals surface area contributed by atoms with Crippen molar-refractivity contribution in [3.63, 3.8) is 0 Å². The Kier molecular flexibility index (Phi) is 6.09. The molecule has 2 heterocycles. The quantitative estimate of drug-likeness (QED) is 0.402. The van der Waals surface area contributed by atoms with Crippen molar-refractivity contribution in [1.29, 1.82) is 0 Å². The molecule has 3 aromatic rings. The molecule has 168 valence electrons. The van der Waals surface area contributed by atoms with Crippen LogP contribution in [0.2, 0.25) is 0 Å². The molecule has 0 N–H and O–H groups in total. The molecule has 1 saturated carbocycles. The highest BCUT2D eigenvalue weighted by atomic mass is 32.2. The van der Waals surface area contributed by atoms with E-state index < -0.39 is 6.04 Å². The van der Waals surface area contributed by atoms with Crippen molar-refractivity contribution >= 4 is 28.7 Å². The number of rotatable bonds is 6. The predicted molar refractivity (Wildman–Crippen MR) is 122 cm³/mol. The molecular formula is C25H23N3O4S. The minimum Gasteiger partial charge on any atom is -0.411 e. The Balaban J connectivity index is 1.41. The van der Waals surface area contributed by atoms with E-state index in [4.69, 9.17) is 4.42 Å². The minimum atomic E-state index is -0.921. The highest BCUT2D eigenvalue weighted by molar-refractivity contribution is 8.13. The van der Waals surface area contributed by atoms with Crippen LogP contribution in [-0.2, 0) is 20.8 Å². The SMILES string of the molecule is O=C(Sc1nnc(-c2ccccc2)o1)[C@@H](Cc1ccccc1)N1C(=O)[C@H]2CCCC[C@H]2C1=O. The molecule has 0 spiro atoms. The van der Waals surface area contributed by atoms with Gasteiger partial charge in [0.2, 0.25) is 22.8 Å². The molecule has 8 heteroatoms. The highest BCUT2D eigenvalue weighted by Crippen LogP contribution is 2.40. The molecular weight excluding hydrogens is 438 g/mol. The van der Waals surface area contributed by atoms with E-state index in [-0.39, 0.29) is 40.4 Å². The van der Waals surface area contributed by atoms with E-state index in [0.717, 1.165) is 35.7 Å². The van der Waals surface area contributed by atoms with E-state index in [0.29, 0.717) is 18.7 Å². The monoisotopic (exact) mass is 461 g/mol. The number of carbonyl (C=O) groups is 3. The molecule has 0 radical (unpaired) electrons. The van der Waals surface area contributed by atoms with Crippen LogP contribution in [-0.4, -0.2) is 38.1 Å². The lowest BCUT2D eigenvalue weighted by Gasteiger charge is -2.25. The van der Waals surface area contributed by atoms with E-state index >= 15 is 0 Å². The van der Waals surface area contributed by atoms with Gasteiger partial charge in [-0.05, 0) is 30.5 Å². The molecule has 7 nitrogen and oxygen atoms in total. The molecule has 2 aliphatic rings. The first-order chi connectivity index (χ1) is 16.1. The van der Waals surface area contributed by atoms with Gasteiger partial charge in [-0.15, -0.1) is 10.2 Å². The summed E-state index contributed by atoms with van der Waals surface area (Å²) in [4.78, 5) is 41.1. The van der Waals surface area contributed by atoms with Crippen LogP contribution >= 0.6 is 11.8 Å². The van der Waals surface area contributed by atoms with Crippen LogP contribution < -0.4 is 0 Å². The lowest BCUT2D eigenvalue weighted by Crippen LogP contribution is -2.46. The first-order valence-corrected chi connectivity index (χ1v) is 11.9. The highest BCUT2D eigenvalue weighted by Gasteiger charge is 2.52. The van der Waals surface area contributed by atoms with Crippen molar-refractivity contribution in [3.8, 4) is 11.5 Å². The summed E-state index contributed by atoms with van der Waals surface area (Å²) in [5, 5.41) is 7.76. The van der Waals surface area contributed by atoms with Crippen LogP contribution in [0.3, 0.4) is 0 Å². The van der Waals surface area contributed by atoms with Gasteiger partial charge in [0.25, 0.3) is 5.22 Å². The lowest BCUT2D eigenvalue weighted by molar-refractivity contribution is -0.145. The number of benzene rings is 2. The molecule has 2 fully saturated rings. The second-order valence-electron chi connectivity index (χ2n) is 8.41. The van der Waals surface area contributed by atoms with Crippen LogP contribution in [0, 0.1) is 11.8 Å². The number of nitrogens with zero attached hydrogens (tertiary/aromatic N) is 3. The molecule has 2 aromatic carbocycles. The molecule has 1 aliphatic heterocycles. The zero-order valence-electron chi connectivity index (χ0n) is 17.9. The fraction of sp³-hybridized carbons (Fsp3) is 0.320. The van der Waals surface area contributed by atoms with Crippen LogP contribution in [0.5, 0.6) is 0 Å². The van der Waals surface area contributed by atoms with Crippen molar-refractivity contribution in [3.05, 3.63) is 66.2 Å². The number of carbonyl (C=O) groups excluding carboxylic acids is 3. The Labute approximate surface area is 195 Å². The van der Waals surface area contributed by atoms with Gasteiger partial charge in [-0.3, -0.25) is 19.3 Å². The summed E-state index contributed by atoms with van der Waals surface area (Å²) in [7, 11) is 0. The van der Waals surface area contributed by atoms with Gasteiger partial charge >= 0.3 is 0 Å². The maximum atomic E-state index is 13.4. The summed E-state index contributed by atoms with van der Waals surface area (Å²) in [6.45, 7) is 0. The molecule has 0 bridgehead atoms. The topological polar surface area (TPSA) is 93.4 Å². The van der Waals surface area contributed by atoms with Gasteiger partial charge in [0, 0.05) is 23.7 Å². The second-order valence-corrected chi connectivity index (χ2v) is 9.37. The Hall–Kier alpha value is -3.26. The molecule has 1 aromatic heterocycles. The third-order valence-corrected chi connectivity index (χ3v) is 7.16. The van der Waals surface area contributed by atoms with Crippen LogP contribution in [0.4, 0.5) is 0 Å². The van der Waals surface area contributed by atoms with Crippen LogP contribution in [0.1, 0.15) is 31.2 Å². The van der Waals surface area contributed by atoms with Gasteiger partial charge in [-0.25, -0.2) is 0 Å². The van der Waals surface area contributed by atoms with Gasteiger partial charge in [-0.1, -0.05) is 61.4 Å². The van der Waals surface area contributed by atoms with Crippen molar-refractivity contribution in [2.24, 2.45) is 11.8 Å². The van der Waals surface area contributed by atoms with E-state index in [2.05, 4.69) is 10.2 Å². The molecule has 33 heavy (non-hydrogen) atoms. The standard InChI is InChI=1S/C25H23N3O4S/c29-22-18-13-7-8-14-19(18)23(30)28(22)20(15-16-9-3-1-4-10-16)24(31)33-25-27-26-21(32-25)17-11-5-2-6-12-17/h1-6,9-12,18-20H,7-8,13-15H2/t18-,19+,20-/m1/s1. The van der Waals surface area contributed by atoms with E-state index in [9.17, 15) is 14.4 Å². The largest absolute Gasteiger partial charge is 0.411 e. The summed E-state index contributed by atoms with van der Waals surface area (Å²) in [5.74, 6) is -0.763. The molecule has 1 saturated heterocycles. The van der Waals surface area contributed by atoms with Crippen LogP contribution in [0.15, 0.2) is 70.3 Å². The van der Waals surface area contributed by atoms with Crippen molar-refractivity contribution in [2.45, 2.75) is 43.4 Å². The summed E-state index contributed by atoms with van der Waals surface area (Å²) >= 11 is 0.785. The Bertz CT molecular complexity index is 1140. The Morgan fingerprint density at radius 3 is 2.18 bits per heavy atom. The smallest absolute Gasteiger partial charge is 0.284 e. The number of aromatic nitrogens is 2. The molecule has 1 aliphatic carbocycles. The van der Waals surface area contributed by atoms with Crippen molar-refractivity contribution < 1.29 is 18.8 Å². The van der Waals surface area contributed by atoms with Gasteiger partial charge in [-0.2, -0.15) is 0 Å². The second kappa shape index (κ2) is 9.31. The number of hydrogen-bond acceptors (Lipinski definition) is 7. The number of fused-ring (bicyclic) bond motifs is 1. The summed E-state index contributed by atoms with van der Waals surface area (Å²) in [6, 6.07) is 17.8. The van der Waals surface area contributed by atoms with Gasteiger partial charge in [0.1, 0.15) is 6.04 Å². The van der Waals surface area contributed by atoms with Gasteiger partial charge < -0.3 is 4.42 Å². The first kappa shape index (κ1) is 21.6. The van der Waals surface area contributed by atoms with Crippen molar-refractivity contribution in [1.82, 2.24) is 15.1 Å². The lowest BCUT2D eigenvalue weighted by atomic mass is 9.81. The summed E-state index contributed by atoms with van der Waals surface area (Å²) in [6.07, 6.45) is 3.53. The zero-order chi connectivity index (χ0) is 22.8. The van der Waals surface area contributed by atoms with Crippen LogP contribution in [0.25, 0.3) is 11.5 Å². The number of hydrogen-bond donors (Lipinski definition) is 0. The van der Waals surface area contributed by atoms with Gasteiger partial charge in [0.15, 0.2) is 0 Å². The Morgan fingerprint density at radius 1 is 0.939 bits per heavy atom. The summed E-state index contributed by atoms with van der Waals surface area (Å²) < 4.78 is 5.68. The summed E-state index contributed by atoms with van der Waals surface area (Å²) in [5.41, 5.74) is 1.63. The number of likely N-dealkylation sites (tertiary alicyclic amines) is 1. The average Bonchev–Trinajstić information content (AvgIpc) is 3.42. The predicted octanol–water partition coefficient (Wildman–Crippen LogP) is 4.14.